The van der Waals surface area contributed by atoms with Crippen molar-refractivity contribution in [2.24, 2.45) is 12.8 Å². The molecule has 0 aromatic carbocycles. The van der Waals surface area contributed by atoms with Gasteiger partial charge in [0, 0.05) is 13.2 Å². The number of carbonyl (C=O) groups excluding carboxylic acids is 1. The van der Waals surface area contributed by atoms with Gasteiger partial charge in [0.05, 0.1) is 12.1 Å². The van der Waals surface area contributed by atoms with Crippen molar-refractivity contribution in [1.29, 1.82) is 0 Å². The van der Waals surface area contributed by atoms with E-state index in [4.69, 9.17) is 5.73 Å². The summed E-state index contributed by atoms with van der Waals surface area (Å²) >= 11 is 0. The fraction of sp³-hybridized carbons (Fsp3) is 0.429. The van der Waals surface area contributed by atoms with Crippen LogP contribution in [0.1, 0.15) is 22.5 Å². The number of alkyl halides is 2. The van der Waals surface area contributed by atoms with Crippen LogP contribution in [0.15, 0.2) is 6.20 Å². The minimum atomic E-state index is -2.74. The van der Waals surface area contributed by atoms with Gasteiger partial charge >= 0.3 is 0 Å². The minimum Gasteiger partial charge on any atom is -0.324 e. The standard InChI is InChI=1S/C7H9F2N3O/c1-12-3-4(5(13)2-10)6(11-12)7(8)9/h3,7H,2,10H2,1H3. The van der Waals surface area contributed by atoms with Crippen molar-refractivity contribution >= 4 is 5.78 Å². The van der Waals surface area contributed by atoms with E-state index in [-0.39, 0.29) is 12.1 Å². The molecular weight excluding hydrogens is 180 g/mol. The zero-order chi connectivity index (χ0) is 10.0. The first-order valence-electron chi connectivity index (χ1n) is 3.61. The molecule has 0 amide bonds. The van der Waals surface area contributed by atoms with Gasteiger partial charge in [-0.05, 0) is 0 Å². The zero-order valence-corrected chi connectivity index (χ0v) is 7.00. The van der Waals surface area contributed by atoms with Crippen LogP contribution in [-0.4, -0.2) is 22.1 Å². The van der Waals surface area contributed by atoms with Gasteiger partial charge < -0.3 is 5.73 Å². The number of hydrogen-bond acceptors (Lipinski definition) is 3. The molecule has 0 atom stereocenters. The van der Waals surface area contributed by atoms with E-state index in [0.29, 0.717) is 0 Å². The summed E-state index contributed by atoms with van der Waals surface area (Å²) in [4.78, 5) is 11.0. The van der Waals surface area contributed by atoms with Crippen LogP contribution < -0.4 is 5.73 Å². The molecule has 0 aliphatic rings. The van der Waals surface area contributed by atoms with Crippen LogP contribution in [0.3, 0.4) is 0 Å². The second-order valence-electron chi connectivity index (χ2n) is 2.53. The third-order valence-electron chi connectivity index (χ3n) is 1.55. The quantitative estimate of drug-likeness (QED) is 0.704. The monoisotopic (exact) mass is 189 g/mol. The van der Waals surface area contributed by atoms with E-state index in [1.54, 1.807) is 0 Å². The summed E-state index contributed by atoms with van der Waals surface area (Å²) < 4.78 is 25.7. The molecule has 13 heavy (non-hydrogen) atoms. The number of aryl methyl sites for hydroxylation is 1. The van der Waals surface area contributed by atoms with Crippen molar-refractivity contribution in [1.82, 2.24) is 9.78 Å². The summed E-state index contributed by atoms with van der Waals surface area (Å²) in [5, 5.41) is 3.47. The van der Waals surface area contributed by atoms with Gasteiger partial charge in [0.2, 0.25) is 0 Å². The summed E-state index contributed by atoms with van der Waals surface area (Å²) in [6.45, 7) is -0.286. The Morgan fingerprint density at radius 3 is 2.85 bits per heavy atom. The summed E-state index contributed by atoms with van der Waals surface area (Å²) in [7, 11) is 1.47. The number of nitrogens with two attached hydrogens (primary N) is 1. The van der Waals surface area contributed by atoms with Crippen molar-refractivity contribution in [3.63, 3.8) is 0 Å². The zero-order valence-electron chi connectivity index (χ0n) is 7.00. The van der Waals surface area contributed by atoms with Gasteiger partial charge in [-0.2, -0.15) is 5.10 Å². The van der Waals surface area contributed by atoms with Crippen molar-refractivity contribution in [2.75, 3.05) is 6.54 Å². The third-order valence-corrected chi connectivity index (χ3v) is 1.55. The number of carbonyl (C=O) groups is 1. The lowest BCUT2D eigenvalue weighted by molar-refractivity contribution is 0.0986. The van der Waals surface area contributed by atoms with Gasteiger partial charge in [-0.3, -0.25) is 9.48 Å². The van der Waals surface area contributed by atoms with Crippen LogP contribution >= 0.6 is 0 Å². The topological polar surface area (TPSA) is 60.9 Å². The van der Waals surface area contributed by atoms with Gasteiger partial charge in [-0.25, -0.2) is 8.78 Å². The molecule has 4 nitrogen and oxygen atoms in total. The third kappa shape index (κ3) is 1.89. The van der Waals surface area contributed by atoms with E-state index < -0.39 is 17.9 Å². The SMILES string of the molecule is Cn1cc(C(=O)CN)c(C(F)F)n1. The van der Waals surface area contributed by atoms with E-state index in [0.717, 1.165) is 0 Å². The predicted molar refractivity (Wildman–Crippen MR) is 41.5 cm³/mol. The average Bonchev–Trinajstić information content (AvgIpc) is 2.46. The molecule has 1 heterocycles. The van der Waals surface area contributed by atoms with Crippen LogP contribution in [0, 0.1) is 0 Å². The van der Waals surface area contributed by atoms with E-state index in [1.165, 1.54) is 17.9 Å². The van der Waals surface area contributed by atoms with Crippen molar-refractivity contribution < 1.29 is 13.6 Å². The minimum absolute atomic E-state index is 0.0972. The van der Waals surface area contributed by atoms with Crippen LogP contribution in [-0.2, 0) is 7.05 Å². The largest absolute Gasteiger partial charge is 0.324 e. The molecule has 2 N–H and O–H groups in total. The molecule has 1 aromatic heterocycles. The Morgan fingerprint density at radius 2 is 2.38 bits per heavy atom. The van der Waals surface area contributed by atoms with Crippen LogP contribution in [0.2, 0.25) is 0 Å². The normalized spacial score (nSPS) is 10.8. The number of halogens is 2. The highest BCUT2D eigenvalue weighted by Crippen LogP contribution is 2.20. The lowest BCUT2D eigenvalue weighted by atomic mass is 10.1. The number of ketones is 1. The molecule has 1 aromatic rings. The number of hydrogen-bond donors (Lipinski definition) is 1. The number of Topliss-reactive ketones (excluding diaryl/α,β-unsaturated/α-hetero) is 1. The summed E-state index contributed by atoms with van der Waals surface area (Å²) in [6, 6.07) is 0. The molecule has 0 fully saturated rings. The Labute approximate surface area is 73.3 Å². The molecule has 0 radical (unpaired) electrons. The summed E-state index contributed by atoms with van der Waals surface area (Å²) in [5.74, 6) is -0.525. The van der Waals surface area contributed by atoms with E-state index in [2.05, 4.69) is 5.10 Å². The lowest BCUT2D eigenvalue weighted by Gasteiger charge is -1.96. The van der Waals surface area contributed by atoms with Gasteiger partial charge in [-0.1, -0.05) is 0 Å². The molecule has 0 spiro atoms. The Morgan fingerprint density at radius 1 is 1.77 bits per heavy atom. The van der Waals surface area contributed by atoms with Crippen LogP contribution in [0.5, 0.6) is 0 Å². The molecular formula is C7H9F2N3O. The number of rotatable bonds is 3. The maximum absolute atomic E-state index is 12.3. The Hall–Kier alpha value is -1.30. The maximum Gasteiger partial charge on any atom is 0.282 e. The average molecular weight is 189 g/mol. The van der Waals surface area contributed by atoms with Crippen LogP contribution in [0.25, 0.3) is 0 Å². The van der Waals surface area contributed by atoms with Gasteiger partial charge in [0.25, 0.3) is 6.43 Å². The Bertz CT molecular complexity index is 322. The molecule has 0 aliphatic heterocycles. The molecule has 0 unspecified atom stereocenters. The van der Waals surface area contributed by atoms with Crippen molar-refractivity contribution in [3.8, 4) is 0 Å². The van der Waals surface area contributed by atoms with Crippen molar-refractivity contribution in [3.05, 3.63) is 17.5 Å². The van der Waals surface area contributed by atoms with Crippen LogP contribution in [0.4, 0.5) is 8.78 Å². The summed E-state index contributed by atoms with van der Waals surface area (Å²) in [6.07, 6.45) is -1.50. The van der Waals surface area contributed by atoms with Gasteiger partial charge in [-0.15, -0.1) is 0 Å². The Balaban J connectivity index is 3.11. The predicted octanol–water partition coefficient (Wildman–Crippen LogP) is 0.499. The fourth-order valence-electron chi connectivity index (χ4n) is 0.992. The maximum atomic E-state index is 12.3. The molecule has 6 heteroatoms. The highest BCUT2D eigenvalue weighted by molar-refractivity contribution is 5.98. The summed E-state index contributed by atoms with van der Waals surface area (Å²) in [5.41, 5.74) is 4.45. The molecule has 0 bridgehead atoms. The first kappa shape index (κ1) is 9.79. The van der Waals surface area contributed by atoms with E-state index in [9.17, 15) is 13.6 Å². The highest BCUT2D eigenvalue weighted by atomic mass is 19.3. The fourth-order valence-corrected chi connectivity index (χ4v) is 0.992. The second kappa shape index (κ2) is 3.61. The smallest absolute Gasteiger partial charge is 0.282 e. The highest BCUT2D eigenvalue weighted by Gasteiger charge is 2.21. The molecule has 72 valence electrons. The molecule has 1 rings (SSSR count). The number of nitrogens with zero attached hydrogens (tertiary/aromatic N) is 2. The molecule has 0 saturated heterocycles. The second-order valence-corrected chi connectivity index (χ2v) is 2.53. The van der Waals surface area contributed by atoms with E-state index >= 15 is 0 Å². The molecule has 0 saturated carbocycles. The van der Waals surface area contributed by atoms with E-state index in [1.807, 2.05) is 0 Å². The first-order chi connectivity index (χ1) is 6.06. The van der Waals surface area contributed by atoms with Gasteiger partial charge in [0.1, 0.15) is 5.69 Å². The lowest BCUT2D eigenvalue weighted by Crippen LogP contribution is -2.14. The first-order valence-corrected chi connectivity index (χ1v) is 3.61. The molecule has 0 aliphatic carbocycles. The van der Waals surface area contributed by atoms with Crippen molar-refractivity contribution in [2.45, 2.75) is 6.43 Å². The number of aromatic nitrogens is 2. The van der Waals surface area contributed by atoms with Gasteiger partial charge in [0.15, 0.2) is 5.78 Å². The Kier molecular flexibility index (Phi) is 2.72.